The number of hydrogen-bond acceptors (Lipinski definition) is 7. The largest absolute Gasteiger partial charge is 0.325 e. The summed E-state index contributed by atoms with van der Waals surface area (Å²) >= 11 is 1.21. The number of rotatable bonds is 7. The van der Waals surface area contributed by atoms with Crippen molar-refractivity contribution < 1.29 is 13.2 Å². The molecule has 4 rings (SSSR count). The lowest BCUT2D eigenvalue weighted by Gasteiger charge is -2.26. The van der Waals surface area contributed by atoms with E-state index in [-0.39, 0.29) is 16.6 Å². The van der Waals surface area contributed by atoms with E-state index in [0.717, 1.165) is 36.1 Å². The Balaban J connectivity index is 1.42. The van der Waals surface area contributed by atoms with Crippen LogP contribution in [0.5, 0.6) is 0 Å². The Morgan fingerprint density at radius 2 is 1.88 bits per heavy atom. The molecule has 1 N–H and O–H groups in total. The molecule has 2 heterocycles. The van der Waals surface area contributed by atoms with E-state index in [1.54, 1.807) is 22.9 Å². The topological polar surface area (TPSA) is 110 Å². The number of tetrazole rings is 1. The summed E-state index contributed by atoms with van der Waals surface area (Å²) in [6, 6.07) is 12.4. The van der Waals surface area contributed by atoms with Crippen LogP contribution in [0.2, 0.25) is 0 Å². The molecule has 1 fully saturated rings. The fraction of sp³-hybridized carbons (Fsp3) is 0.364. The first-order valence-corrected chi connectivity index (χ1v) is 13.2. The van der Waals surface area contributed by atoms with Gasteiger partial charge in [0.25, 0.3) is 0 Å². The molecule has 0 bridgehead atoms. The van der Waals surface area contributed by atoms with Gasteiger partial charge in [0.2, 0.25) is 21.1 Å². The summed E-state index contributed by atoms with van der Waals surface area (Å²) in [5.74, 6) is -0.198. The van der Waals surface area contributed by atoms with Crippen LogP contribution in [0, 0.1) is 13.8 Å². The third kappa shape index (κ3) is 5.43. The molecular weight excluding hydrogens is 460 g/mol. The van der Waals surface area contributed by atoms with E-state index in [1.807, 2.05) is 32.0 Å². The van der Waals surface area contributed by atoms with Gasteiger partial charge in [-0.1, -0.05) is 41.9 Å². The molecule has 3 aromatic rings. The molecule has 11 heteroatoms. The van der Waals surface area contributed by atoms with Crippen LogP contribution in [-0.2, 0) is 14.8 Å². The molecular formula is C22H26N6O3S2. The van der Waals surface area contributed by atoms with E-state index < -0.39 is 10.0 Å². The average molecular weight is 487 g/mol. The van der Waals surface area contributed by atoms with Gasteiger partial charge in [0.15, 0.2) is 0 Å². The van der Waals surface area contributed by atoms with Crippen molar-refractivity contribution in [3.8, 4) is 5.69 Å². The normalized spacial score (nSPS) is 14.8. The summed E-state index contributed by atoms with van der Waals surface area (Å²) in [5, 5.41) is 15.1. The van der Waals surface area contributed by atoms with E-state index in [9.17, 15) is 13.2 Å². The van der Waals surface area contributed by atoms with Crippen LogP contribution in [0.15, 0.2) is 52.5 Å². The maximum Gasteiger partial charge on any atom is 0.243 e. The number of benzene rings is 2. The fourth-order valence-electron chi connectivity index (χ4n) is 3.78. The maximum atomic E-state index is 12.9. The zero-order valence-electron chi connectivity index (χ0n) is 18.6. The number of nitrogens with zero attached hydrogens (tertiary/aromatic N) is 5. The van der Waals surface area contributed by atoms with Crippen molar-refractivity contribution in [2.75, 3.05) is 24.2 Å². The number of hydrogen-bond donors (Lipinski definition) is 1. The van der Waals surface area contributed by atoms with Gasteiger partial charge in [-0.15, -0.1) is 5.10 Å². The van der Waals surface area contributed by atoms with Crippen molar-refractivity contribution in [1.82, 2.24) is 24.5 Å². The molecule has 0 saturated carbocycles. The molecule has 2 aromatic carbocycles. The zero-order chi connectivity index (χ0) is 23.4. The number of anilines is 1. The number of amides is 1. The highest BCUT2D eigenvalue weighted by Gasteiger charge is 2.26. The first kappa shape index (κ1) is 23.4. The monoisotopic (exact) mass is 486 g/mol. The van der Waals surface area contributed by atoms with Crippen LogP contribution < -0.4 is 5.32 Å². The van der Waals surface area contributed by atoms with Gasteiger partial charge in [0.05, 0.1) is 16.3 Å². The maximum absolute atomic E-state index is 12.9. The van der Waals surface area contributed by atoms with E-state index >= 15 is 0 Å². The quantitative estimate of drug-likeness (QED) is 0.511. The van der Waals surface area contributed by atoms with Crippen molar-refractivity contribution >= 4 is 33.4 Å². The van der Waals surface area contributed by atoms with Gasteiger partial charge in [-0.3, -0.25) is 4.79 Å². The predicted molar refractivity (Wildman–Crippen MR) is 127 cm³/mol. The van der Waals surface area contributed by atoms with Gasteiger partial charge in [0.1, 0.15) is 0 Å². The molecule has 1 amide bonds. The molecule has 1 aromatic heterocycles. The minimum Gasteiger partial charge on any atom is -0.325 e. The lowest BCUT2D eigenvalue weighted by molar-refractivity contribution is -0.113. The zero-order valence-corrected chi connectivity index (χ0v) is 20.2. The number of piperidine rings is 1. The molecule has 1 saturated heterocycles. The highest BCUT2D eigenvalue weighted by atomic mass is 32.2. The number of aromatic nitrogens is 4. The van der Waals surface area contributed by atoms with Gasteiger partial charge < -0.3 is 5.32 Å². The summed E-state index contributed by atoms with van der Waals surface area (Å²) in [7, 11) is -3.56. The summed E-state index contributed by atoms with van der Waals surface area (Å²) in [4.78, 5) is 12.7. The minimum atomic E-state index is -3.56. The van der Waals surface area contributed by atoms with Crippen molar-refractivity contribution in [1.29, 1.82) is 0 Å². The lowest BCUT2D eigenvalue weighted by atomic mass is 10.1. The molecule has 0 aliphatic carbocycles. The molecule has 0 unspecified atom stereocenters. The Kier molecular flexibility index (Phi) is 7.11. The summed E-state index contributed by atoms with van der Waals surface area (Å²) < 4.78 is 28.9. The second kappa shape index (κ2) is 10.0. The minimum absolute atomic E-state index is 0.0778. The lowest BCUT2D eigenvalue weighted by Crippen LogP contribution is -2.35. The molecule has 0 atom stereocenters. The predicted octanol–water partition coefficient (Wildman–Crippen LogP) is 3.18. The second-order valence-corrected chi connectivity index (χ2v) is 10.9. The smallest absolute Gasteiger partial charge is 0.243 e. The molecule has 9 nitrogen and oxygen atoms in total. The Bertz CT molecular complexity index is 1250. The number of carbonyl (C=O) groups is 1. The standard InChI is InChI=1S/C22H26N6O3S2/c1-16-9-10-20(17(2)13-16)28-22(24-25-26-28)32-15-21(29)23-18-7-6-8-19(14-18)33(30,31)27-11-4-3-5-12-27/h6-10,13-14H,3-5,11-12,15H2,1-2H3,(H,23,29). The van der Waals surface area contributed by atoms with Crippen LogP contribution in [0.25, 0.3) is 5.69 Å². The van der Waals surface area contributed by atoms with Crippen LogP contribution in [0.1, 0.15) is 30.4 Å². The number of nitrogens with one attached hydrogen (secondary N) is 1. The average Bonchev–Trinajstić information content (AvgIpc) is 3.27. The van der Waals surface area contributed by atoms with E-state index in [1.165, 1.54) is 22.1 Å². The van der Waals surface area contributed by atoms with Gasteiger partial charge in [-0.05, 0) is 66.9 Å². The second-order valence-electron chi connectivity index (χ2n) is 7.99. The molecule has 0 spiro atoms. The van der Waals surface area contributed by atoms with Crippen LogP contribution >= 0.6 is 11.8 Å². The van der Waals surface area contributed by atoms with Gasteiger partial charge in [-0.25, -0.2) is 8.42 Å². The van der Waals surface area contributed by atoms with E-state index in [2.05, 4.69) is 20.8 Å². The third-order valence-corrected chi connectivity index (χ3v) is 8.24. The molecule has 0 radical (unpaired) electrons. The first-order chi connectivity index (χ1) is 15.8. The van der Waals surface area contributed by atoms with Crippen molar-refractivity contribution in [2.45, 2.75) is 43.2 Å². The van der Waals surface area contributed by atoms with Crippen molar-refractivity contribution in [3.63, 3.8) is 0 Å². The van der Waals surface area contributed by atoms with Crippen LogP contribution in [0.3, 0.4) is 0 Å². The molecule has 1 aliphatic rings. The van der Waals surface area contributed by atoms with E-state index in [4.69, 9.17) is 0 Å². The van der Waals surface area contributed by atoms with Crippen LogP contribution in [0.4, 0.5) is 5.69 Å². The van der Waals surface area contributed by atoms with Crippen molar-refractivity contribution in [3.05, 3.63) is 53.6 Å². The van der Waals surface area contributed by atoms with Gasteiger partial charge in [-0.2, -0.15) is 8.99 Å². The number of thioether (sulfide) groups is 1. The molecule has 33 heavy (non-hydrogen) atoms. The summed E-state index contributed by atoms with van der Waals surface area (Å²) in [6.45, 7) is 5.06. The van der Waals surface area contributed by atoms with Crippen LogP contribution in [-0.4, -0.2) is 57.7 Å². The Morgan fingerprint density at radius 3 is 2.64 bits per heavy atom. The third-order valence-electron chi connectivity index (χ3n) is 5.42. The Labute approximate surface area is 197 Å². The summed E-state index contributed by atoms with van der Waals surface area (Å²) in [6.07, 6.45) is 2.79. The Morgan fingerprint density at radius 1 is 1.09 bits per heavy atom. The number of aryl methyl sites for hydroxylation is 2. The summed E-state index contributed by atoms with van der Waals surface area (Å²) in [5.41, 5.74) is 3.46. The highest BCUT2D eigenvalue weighted by Crippen LogP contribution is 2.24. The molecule has 1 aliphatic heterocycles. The molecule has 174 valence electrons. The van der Waals surface area contributed by atoms with Gasteiger partial charge in [0, 0.05) is 18.8 Å². The number of carbonyl (C=O) groups excluding carboxylic acids is 1. The van der Waals surface area contributed by atoms with E-state index in [0.29, 0.717) is 23.9 Å². The van der Waals surface area contributed by atoms with Gasteiger partial charge >= 0.3 is 0 Å². The van der Waals surface area contributed by atoms with Crippen molar-refractivity contribution in [2.24, 2.45) is 0 Å². The Hall–Kier alpha value is -2.76. The first-order valence-electron chi connectivity index (χ1n) is 10.7. The highest BCUT2D eigenvalue weighted by molar-refractivity contribution is 7.99. The number of sulfonamides is 1. The SMILES string of the molecule is Cc1ccc(-n2nnnc2SCC(=O)Nc2cccc(S(=O)(=O)N3CCCCC3)c2)c(C)c1. The fourth-order valence-corrected chi connectivity index (χ4v) is 6.03.